The third kappa shape index (κ3) is 2.05. The molecule has 5 nitrogen and oxygen atoms in total. The Morgan fingerprint density at radius 3 is 2.88 bits per heavy atom. The number of fused-ring (bicyclic) bond motifs is 2. The second-order valence-electron chi connectivity index (χ2n) is 6.25. The predicted octanol–water partition coefficient (Wildman–Crippen LogP) is 2.87. The SMILES string of the molecule is COc1cccc(N2CCC3(O)C(=O)c4cc(C)ccc4N=C23)c1. The Kier molecular flexibility index (Phi) is 3.21. The van der Waals surface area contributed by atoms with Crippen LogP contribution < -0.4 is 9.64 Å². The fraction of sp³-hybridized carbons (Fsp3) is 0.263. The highest BCUT2D eigenvalue weighted by Crippen LogP contribution is 2.40. The number of benzene rings is 2. The molecule has 0 aromatic heterocycles. The van der Waals surface area contributed by atoms with Gasteiger partial charge in [0.2, 0.25) is 5.78 Å². The van der Waals surface area contributed by atoms with Gasteiger partial charge in [0.25, 0.3) is 0 Å². The molecule has 2 aromatic carbocycles. The van der Waals surface area contributed by atoms with Gasteiger partial charge in [-0.3, -0.25) is 4.79 Å². The zero-order chi connectivity index (χ0) is 16.9. The molecule has 2 aliphatic rings. The number of hydrogen-bond donors (Lipinski definition) is 1. The number of Topliss-reactive ketones (excluding diaryl/α,β-unsaturated/α-hetero) is 1. The molecule has 0 saturated carbocycles. The first kappa shape index (κ1) is 14.9. The van der Waals surface area contributed by atoms with Crippen molar-refractivity contribution < 1.29 is 14.6 Å². The number of nitrogens with zero attached hydrogens (tertiary/aromatic N) is 2. The van der Waals surface area contributed by atoms with E-state index >= 15 is 0 Å². The normalized spacial score (nSPS) is 22.0. The van der Waals surface area contributed by atoms with Crippen molar-refractivity contribution in [1.82, 2.24) is 0 Å². The van der Waals surface area contributed by atoms with Crippen LogP contribution in [0.3, 0.4) is 0 Å². The number of hydrogen-bond acceptors (Lipinski definition) is 5. The van der Waals surface area contributed by atoms with Gasteiger partial charge in [-0.05, 0) is 31.2 Å². The molecule has 122 valence electrons. The van der Waals surface area contributed by atoms with Crippen LogP contribution in [0, 0.1) is 6.92 Å². The van der Waals surface area contributed by atoms with E-state index in [-0.39, 0.29) is 5.78 Å². The summed E-state index contributed by atoms with van der Waals surface area (Å²) in [6, 6.07) is 13.1. The monoisotopic (exact) mass is 322 g/mol. The van der Waals surface area contributed by atoms with E-state index in [1.165, 1.54) is 0 Å². The molecule has 5 heteroatoms. The summed E-state index contributed by atoms with van der Waals surface area (Å²) in [5.41, 5.74) is 1.39. The standard InChI is InChI=1S/C19H18N2O3/c1-12-6-7-16-15(10-12)17(22)19(23)8-9-21(18(19)20-16)13-4-3-5-14(11-13)24-2/h3-7,10-11,23H,8-9H2,1-2H3. The largest absolute Gasteiger partial charge is 0.497 e. The number of methoxy groups -OCH3 is 1. The maximum absolute atomic E-state index is 12.9. The van der Waals surface area contributed by atoms with E-state index in [9.17, 15) is 9.90 Å². The van der Waals surface area contributed by atoms with Crippen LogP contribution >= 0.6 is 0 Å². The number of carbonyl (C=O) groups is 1. The third-order valence-corrected chi connectivity index (χ3v) is 4.69. The maximum Gasteiger partial charge on any atom is 0.204 e. The second-order valence-corrected chi connectivity index (χ2v) is 6.25. The molecule has 1 saturated heterocycles. The molecule has 2 heterocycles. The van der Waals surface area contributed by atoms with Gasteiger partial charge in [-0.2, -0.15) is 0 Å². The quantitative estimate of drug-likeness (QED) is 0.923. The topological polar surface area (TPSA) is 62.1 Å². The number of aryl methyl sites for hydroxylation is 1. The summed E-state index contributed by atoms with van der Waals surface area (Å²) in [5.74, 6) is 0.857. The highest BCUT2D eigenvalue weighted by atomic mass is 16.5. The number of anilines is 1. The number of carbonyl (C=O) groups excluding carboxylic acids is 1. The minimum Gasteiger partial charge on any atom is -0.497 e. The summed E-state index contributed by atoms with van der Waals surface area (Å²) in [6.07, 6.45) is 0.329. The number of amidine groups is 1. The lowest BCUT2D eigenvalue weighted by atomic mass is 9.87. The zero-order valence-corrected chi connectivity index (χ0v) is 13.6. The van der Waals surface area contributed by atoms with Crippen molar-refractivity contribution in [2.75, 3.05) is 18.6 Å². The highest BCUT2D eigenvalue weighted by Gasteiger charge is 2.52. The lowest BCUT2D eigenvalue weighted by Crippen LogP contribution is -2.48. The van der Waals surface area contributed by atoms with E-state index in [0.29, 0.717) is 30.1 Å². The van der Waals surface area contributed by atoms with Crippen LogP contribution in [0.5, 0.6) is 5.75 Å². The first-order valence-electron chi connectivity index (χ1n) is 7.91. The van der Waals surface area contributed by atoms with Gasteiger partial charge in [-0.25, -0.2) is 4.99 Å². The second kappa shape index (κ2) is 5.18. The molecule has 0 spiro atoms. The Labute approximate surface area is 140 Å². The molecule has 1 N–H and O–H groups in total. The van der Waals surface area contributed by atoms with Crippen LogP contribution in [0.1, 0.15) is 22.3 Å². The number of ether oxygens (including phenoxy) is 1. The predicted molar refractivity (Wildman–Crippen MR) is 92.5 cm³/mol. The first-order valence-corrected chi connectivity index (χ1v) is 7.91. The molecule has 0 amide bonds. The van der Waals surface area contributed by atoms with Gasteiger partial charge < -0.3 is 14.7 Å². The Balaban J connectivity index is 1.84. The van der Waals surface area contributed by atoms with E-state index in [1.54, 1.807) is 13.2 Å². The molecule has 0 radical (unpaired) electrons. The van der Waals surface area contributed by atoms with Crippen LogP contribution in [0.2, 0.25) is 0 Å². The highest BCUT2D eigenvalue weighted by molar-refractivity contribution is 6.28. The number of aliphatic hydroxyl groups is 1. The van der Waals surface area contributed by atoms with Crippen molar-refractivity contribution in [3.8, 4) is 5.75 Å². The van der Waals surface area contributed by atoms with E-state index in [2.05, 4.69) is 4.99 Å². The fourth-order valence-electron chi connectivity index (χ4n) is 3.38. The maximum atomic E-state index is 12.9. The lowest BCUT2D eigenvalue weighted by molar-refractivity contribution is 0.0602. The lowest BCUT2D eigenvalue weighted by Gasteiger charge is -2.30. The molecule has 2 aromatic rings. The van der Waals surface area contributed by atoms with Crippen LogP contribution in [0.25, 0.3) is 0 Å². The average molecular weight is 322 g/mol. The molecule has 0 aliphatic carbocycles. The van der Waals surface area contributed by atoms with Crippen molar-refractivity contribution in [1.29, 1.82) is 0 Å². The molecule has 0 bridgehead atoms. The van der Waals surface area contributed by atoms with Crippen molar-refractivity contribution in [3.05, 3.63) is 53.6 Å². The minimum atomic E-state index is -1.55. The van der Waals surface area contributed by atoms with Gasteiger partial charge in [-0.1, -0.05) is 17.7 Å². The number of rotatable bonds is 2. The van der Waals surface area contributed by atoms with Crippen molar-refractivity contribution in [2.45, 2.75) is 18.9 Å². The average Bonchev–Trinajstić information content (AvgIpc) is 2.94. The van der Waals surface area contributed by atoms with Crippen LogP contribution in [0.4, 0.5) is 11.4 Å². The zero-order valence-electron chi connectivity index (χ0n) is 13.6. The number of aliphatic imine (C=N–C) groups is 1. The van der Waals surface area contributed by atoms with Gasteiger partial charge in [0, 0.05) is 30.3 Å². The fourth-order valence-corrected chi connectivity index (χ4v) is 3.38. The summed E-state index contributed by atoms with van der Waals surface area (Å²) in [6.45, 7) is 2.45. The van der Waals surface area contributed by atoms with Crippen molar-refractivity contribution in [2.24, 2.45) is 4.99 Å². The van der Waals surface area contributed by atoms with Crippen LogP contribution in [-0.2, 0) is 0 Å². The molecule has 24 heavy (non-hydrogen) atoms. The van der Waals surface area contributed by atoms with E-state index < -0.39 is 5.60 Å². The Morgan fingerprint density at radius 1 is 1.25 bits per heavy atom. The molecular weight excluding hydrogens is 304 g/mol. The molecule has 1 fully saturated rings. The van der Waals surface area contributed by atoms with Gasteiger partial charge in [-0.15, -0.1) is 0 Å². The molecule has 1 unspecified atom stereocenters. The van der Waals surface area contributed by atoms with Gasteiger partial charge in [0.1, 0.15) is 11.6 Å². The summed E-state index contributed by atoms with van der Waals surface area (Å²) in [4.78, 5) is 19.4. The van der Waals surface area contributed by atoms with Crippen molar-refractivity contribution >= 4 is 23.0 Å². The van der Waals surface area contributed by atoms with E-state index in [0.717, 1.165) is 17.0 Å². The van der Waals surface area contributed by atoms with Crippen molar-refractivity contribution in [3.63, 3.8) is 0 Å². The van der Waals surface area contributed by atoms with Crippen LogP contribution in [-0.4, -0.2) is 36.0 Å². The molecule has 1 atom stereocenters. The number of ketones is 1. The summed E-state index contributed by atoms with van der Waals surface area (Å²) < 4.78 is 5.27. The first-order chi connectivity index (χ1) is 11.5. The van der Waals surface area contributed by atoms with Crippen LogP contribution in [0.15, 0.2) is 47.5 Å². The smallest absolute Gasteiger partial charge is 0.204 e. The molecular formula is C19H18N2O3. The molecule has 4 rings (SSSR count). The van der Waals surface area contributed by atoms with Gasteiger partial charge in [0.15, 0.2) is 5.60 Å². The summed E-state index contributed by atoms with van der Waals surface area (Å²) >= 11 is 0. The molecule has 2 aliphatic heterocycles. The van der Waals surface area contributed by atoms with Gasteiger partial charge in [0.05, 0.1) is 12.8 Å². The minimum absolute atomic E-state index is 0.267. The van der Waals surface area contributed by atoms with E-state index in [4.69, 9.17) is 4.74 Å². The Bertz CT molecular complexity index is 875. The Morgan fingerprint density at radius 2 is 2.08 bits per heavy atom. The van der Waals surface area contributed by atoms with Gasteiger partial charge >= 0.3 is 0 Å². The Hall–Kier alpha value is -2.66. The third-order valence-electron chi connectivity index (χ3n) is 4.69. The van der Waals surface area contributed by atoms with E-state index in [1.807, 2.05) is 48.2 Å². The summed E-state index contributed by atoms with van der Waals surface area (Å²) in [5, 5.41) is 11.0. The summed E-state index contributed by atoms with van der Waals surface area (Å²) in [7, 11) is 1.61.